The fourth-order valence-corrected chi connectivity index (χ4v) is 1.86. The monoisotopic (exact) mass is 271 g/mol. The van der Waals surface area contributed by atoms with E-state index in [9.17, 15) is 13.2 Å². The van der Waals surface area contributed by atoms with Crippen LogP contribution in [0.1, 0.15) is 18.9 Å². The fourth-order valence-electron chi connectivity index (χ4n) is 1.32. The third kappa shape index (κ3) is 3.52. The predicted molar refractivity (Wildman–Crippen MR) is 69.4 cm³/mol. The summed E-state index contributed by atoms with van der Waals surface area (Å²) in [5, 5.41) is 7.62. The Hall–Kier alpha value is -1.44. The number of benzene rings is 1. The highest BCUT2D eigenvalue weighted by molar-refractivity contribution is 7.89. The molecule has 1 amide bonds. The van der Waals surface area contributed by atoms with Gasteiger partial charge in [-0.2, -0.15) is 0 Å². The van der Waals surface area contributed by atoms with Crippen LogP contribution in [-0.2, 0) is 14.8 Å². The van der Waals surface area contributed by atoms with Crippen molar-refractivity contribution in [3.8, 4) is 0 Å². The summed E-state index contributed by atoms with van der Waals surface area (Å²) in [6, 6.07) is 3.67. The van der Waals surface area contributed by atoms with E-state index in [1.807, 2.05) is 0 Å². The molecule has 0 aromatic heterocycles. The van der Waals surface area contributed by atoms with Crippen molar-refractivity contribution in [2.45, 2.75) is 31.2 Å². The van der Waals surface area contributed by atoms with E-state index < -0.39 is 16.1 Å². The van der Waals surface area contributed by atoms with E-state index >= 15 is 0 Å². The van der Waals surface area contributed by atoms with Crippen LogP contribution in [0.5, 0.6) is 0 Å². The van der Waals surface area contributed by atoms with Gasteiger partial charge in [-0.15, -0.1) is 0 Å². The van der Waals surface area contributed by atoms with Gasteiger partial charge in [-0.1, -0.05) is 13.0 Å². The number of carbonyl (C=O) groups excluding carboxylic acids is 1. The molecule has 6 nitrogen and oxygen atoms in total. The van der Waals surface area contributed by atoms with Crippen LogP contribution >= 0.6 is 0 Å². The standard InChI is InChI=1S/C11H17N3O3S/c1-3-9(12)11(15)14-10-6-8(18(13,16)17)5-4-7(10)2/h4-6,9H,3,12H2,1-2H3,(H,14,15)(H2,13,16,17)/t9-/m1/s1. The number of amides is 1. The molecule has 0 aliphatic rings. The van der Waals surface area contributed by atoms with Gasteiger partial charge in [0.1, 0.15) is 0 Å². The minimum atomic E-state index is -3.79. The smallest absolute Gasteiger partial charge is 0.241 e. The van der Waals surface area contributed by atoms with Gasteiger partial charge in [0.25, 0.3) is 0 Å². The van der Waals surface area contributed by atoms with Crippen LogP contribution < -0.4 is 16.2 Å². The van der Waals surface area contributed by atoms with E-state index in [1.165, 1.54) is 12.1 Å². The van der Waals surface area contributed by atoms with Gasteiger partial charge in [-0.3, -0.25) is 4.79 Å². The number of nitrogens with two attached hydrogens (primary N) is 2. The van der Waals surface area contributed by atoms with Crippen molar-refractivity contribution in [3.05, 3.63) is 23.8 Å². The number of carbonyl (C=O) groups is 1. The van der Waals surface area contributed by atoms with Crippen LogP contribution in [0.15, 0.2) is 23.1 Å². The van der Waals surface area contributed by atoms with Gasteiger partial charge >= 0.3 is 0 Å². The summed E-state index contributed by atoms with van der Waals surface area (Å²) < 4.78 is 22.4. The largest absolute Gasteiger partial charge is 0.324 e. The number of aryl methyl sites for hydroxylation is 1. The Morgan fingerprint density at radius 2 is 2.06 bits per heavy atom. The van der Waals surface area contributed by atoms with Gasteiger partial charge in [0.2, 0.25) is 15.9 Å². The minimum Gasteiger partial charge on any atom is -0.324 e. The maximum Gasteiger partial charge on any atom is 0.241 e. The Labute approximate surface area is 106 Å². The van der Waals surface area contributed by atoms with Crippen LogP contribution in [0.3, 0.4) is 0 Å². The number of hydrogen-bond donors (Lipinski definition) is 3. The van der Waals surface area contributed by atoms with Crippen LogP contribution in [0.25, 0.3) is 0 Å². The first kappa shape index (κ1) is 14.6. The topological polar surface area (TPSA) is 115 Å². The average Bonchev–Trinajstić information content (AvgIpc) is 2.29. The first-order chi connectivity index (χ1) is 8.25. The van der Waals surface area contributed by atoms with Gasteiger partial charge in [0.15, 0.2) is 0 Å². The molecule has 7 heteroatoms. The molecule has 1 aromatic rings. The lowest BCUT2D eigenvalue weighted by Gasteiger charge is -2.13. The first-order valence-electron chi connectivity index (χ1n) is 5.45. The molecule has 0 spiro atoms. The van der Waals surface area contributed by atoms with E-state index in [0.29, 0.717) is 12.1 Å². The number of sulfonamides is 1. The maximum absolute atomic E-state index is 11.6. The molecule has 0 aliphatic heterocycles. The molecule has 18 heavy (non-hydrogen) atoms. The fraction of sp³-hybridized carbons (Fsp3) is 0.364. The lowest BCUT2D eigenvalue weighted by Crippen LogP contribution is -2.35. The molecular formula is C11H17N3O3S. The molecule has 100 valence electrons. The summed E-state index contributed by atoms with van der Waals surface area (Å²) in [6.45, 7) is 3.54. The zero-order valence-corrected chi connectivity index (χ0v) is 11.1. The first-order valence-corrected chi connectivity index (χ1v) is 7.00. The molecule has 0 saturated heterocycles. The third-order valence-electron chi connectivity index (χ3n) is 2.57. The van der Waals surface area contributed by atoms with Gasteiger partial charge in [-0.05, 0) is 31.0 Å². The number of primary sulfonamides is 1. The molecule has 5 N–H and O–H groups in total. The second-order valence-corrected chi connectivity index (χ2v) is 5.59. The normalized spacial score (nSPS) is 13.1. The molecule has 0 saturated carbocycles. The molecule has 0 heterocycles. The second kappa shape index (κ2) is 5.47. The Bertz CT molecular complexity index is 555. The van der Waals surface area contributed by atoms with Crippen molar-refractivity contribution in [2.24, 2.45) is 10.9 Å². The van der Waals surface area contributed by atoms with Crippen molar-refractivity contribution in [1.82, 2.24) is 0 Å². The van der Waals surface area contributed by atoms with Crippen molar-refractivity contribution in [3.63, 3.8) is 0 Å². The van der Waals surface area contributed by atoms with Crippen molar-refractivity contribution >= 4 is 21.6 Å². The molecule has 0 radical (unpaired) electrons. The minimum absolute atomic E-state index is 0.0477. The van der Waals surface area contributed by atoms with Crippen LogP contribution in [0.2, 0.25) is 0 Å². The van der Waals surface area contributed by atoms with E-state index in [4.69, 9.17) is 10.9 Å². The van der Waals surface area contributed by atoms with E-state index in [2.05, 4.69) is 5.32 Å². The van der Waals surface area contributed by atoms with E-state index in [-0.39, 0.29) is 10.8 Å². The van der Waals surface area contributed by atoms with Crippen molar-refractivity contribution in [1.29, 1.82) is 0 Å². The Morgan fingerprint density at radius 3 is 2.56 bits per heavy atom. The van der Waals surface area contributed by atoms with E-state index in [0.717, 1.165) is 5.56 Å². The Kier molecular flexibility index (Phi) is 4.44. The van der Waals surface area contributed by atoms with Gasteiger partial charge in [-0.25, -0.2) is 13.6 Å². The molecule has 1 aromatic carbocycles. The second-order valence-electron chi connectivity index (χ2n) is 4.03. The molecule has 0 aliphatic carbocycles. The Morgan fingerprint density at radius 1 is 1.44 bits per heavy atom. The van der Waals surface area contributed by atoms with Gasteiger partial charge < -0.3 is 11.1 Å². The molecule has 0 fully saturated rings. The van der Waals surface area contributed by atoms with Crippen LogP contribution in [-0.4, -0.2) is 20.4 Å². The summed E-state index contributed by atoms with van der Waals surface area (Å²) in [4.78, 5) is 11.6. The van der Waals surface area contributed by atoms with Crippen molar-refractivity contribution in [2.75, 3.05) is 5.32 Å². The zero-order valence-electron chi connectivity index (χ0n) is 10.3. The summed E-state index contributed by atoms with van der Waals surface area (Å²) in [5.74, 6) is -0.354. The molecule has 1 atom stereocenters. The van der Waals surface area contributed by atoms with Crippen molar-refractivity contribution < 1.29 is 13.2 Å². The number of anilines is 1. The summed E-state index contributed by atoms with van der Waals surface area (Å²) in [6.07, 6.45) is 0.500. The zero-order chi connectivity index (χ0) is 13.9. The highest BCUT2D eigenvalue weighted by atomic mass is 32.2. The molecule has 0 bridgehead atoms. The SMILES string of the molecule is CC[C@@H](N)C(=O)Nc1cc(S(N)(=O)=O)ccc1C. The van der Waals surface area contributed by atoms with Crippen LogP contribution in [0, 0.1) is 6.92 Å². The van der Waals surface area contributed by atoms with E-state index in [1.54, 1.807) is 19.9 Å². The summed E-state index contributed by atoms with van der Waals surface area (Å²) in [7, 11) is -3.79. The quantitative estimate of drug-likeness (QED) is 0.731. The molecule has 0 unspecified atom stereocenters. The predicted octanol–water partition coefficient (Wildman–Crippen LogP) is 0.318. The summed E-state index contributed by atoms with van der Waals surface area (Å²) >= 11 is 0. The molecular weight excluding hydrogens is 254 g/mol. The summed E-state index contributed by atoms with van der Waals surface area (Å²) in [5.41, 5.74) is 6.72. The maximum atomic E-state index is 11.6. The number of hydrogen-bond acceptors (Lipinski definition) is 4. The van der Waals surface area contributed by atoms with Gasteiger partial charge in [0.05, 0.1) is 10.9 Å². The Balaban J connectivity index is 3.06. The lowest BCUT2D eigenvalue weighted by molar-refractivity contribution is -0.117. The molecule has 1 rings (SSSR count). The average molecular weight is 271 g/mol. The third-order valence-corrected chi connectivity index (χ3v) is 3.48. The highest BCUT2D eigenvalue weighted by Crippen LogP contribution is 2.19. The van der Waals surface area contributed by atoms with Gasteiger partial charge in [0, 0.05) is 5.69 Å². The van der Waals surface area contributed by atoms with Crippen LogP contribution in [0.4, 0.5) is 5.69 Å². The highest BCUT2D eigenvalue weighted by Gasteiger charge is 2.14. The number of rotatable bonds is 4. The number of nitrogens with one attached hydrogen (secondary N) is 1. The lowest BCUT2D eigenvalue weighted by atomic mass is 10.1.